The minimum Gasteiger partial charge on any atom is -0.459 e. The van der Waals surface area contributed by atoms with E-state index in [0.717, 1.165) is 24.2 Å². The first kappa shape index (κ1) is 24.3. The Labute approximate surface area is 200 Å². The van der Waals surface area contributed by atoms with E-state index in [9.17, 15) is 14.7 Å². The molecule has 1 amide bonds. The van der Waals surface area contributed by atoms with Gasteiger partial charge in [0.05, 0.1) is 5.69 Å². The maximum Gasteiger partial charge on any atom is 0.286 e. The van der Waals surface area contributed by atoms with Crippen LogP contribution in [0.25, 0.3) is 5.69 Å². The van der Waals surface area contributed by atoms with Crippen molar-refractivity contribution in [1.82, 2.24) is 14.7 Å². The lowest BCUT2D eigenvalue weighted by Gasteiger charge is -2.36. The highest BCUT2D eigenvalue weighted by molar-refractivity contribution is 5.91. The molecule has 3 atom stereocenters. The summed E-state index contributed by atoms with van der Waals surface area (Å²) in [5.41, 5.74) is 2.08. The van der Waals surface area contributed by atoms with Crippen molar-refractivity contribution >= 4 is 5.91 Å². The van der Waals surface area contributed by atoms with Crippen molar-refractivity contribution in [2.75, 3.05) is 19.8 Å². The van der Waals surface area contributed by atoms with E-state index in [-0.39, 0.29) is 35.7 Å². The molecule has 34 heavy (non-hydrogen) atoms. The first-order valence-corrected chi connectivity index (χ1v) is 12.2. The number of carbonyl (C=O) groups excluding carboxylic acids is 1. The average molecular weight is 470 g/mol. The Morgan fingerprint density at radius 3 is 2.65 bits per heavy atom. The van der Waals surface area contributed by atoms with Gasteiger partial charge in [-0.1, -0.05) is 18.2 Å². The van der Waals surface area contributed by atoms with Crippen LogP contribution in [0.4, 0.5) is 0 Å². The minimum absolute atomic E-state index is 0.0303. The van der Waals surface area contributed by atoms with Gasteiger partial charge in [0.25, 0.3) is 11.5 Å². The van der Waals surface area contributed by atoms with Crippen molar-refractivity contribution in [2.45, 2.75) is 51.7 Å². The molecule has 1 aliphatic carbocycles. The molecule has 2 N–H and O–H groups in total. The fourth-order valence-electron chi connectivity index (χ4n) is 4.72. The van der Waals surface area contributed by atoms with Gasteiger partial charge in [-0.25, -0.2) is 4.68 Å². The van der Waals surface area contributed by atoms with Crippen molar-refractivity contribution in [3.63, 3.8) is 0 Å². The van der Waals surface area contributed by atoms with Crippen molar-refractivity contribution in [2.24, 2.45) is 18.9 Å². The van der Waals surface area contributed by atoms with Crippen molar-refractivity contribution in [3.05, 3.63) is 63.8 Å². The Morgan fingerprint density at radius 1 is 1.26 bits per heavy atom. The number of nitrogens with one attached hydrogen (secondary N) is 1. The average Bonchev–Trinajstić information content (AvgIpc) is 3.64. The number of carbonyl (C=O) groups is 1. The van der Waals surface area contributed by atoms with Gasteiger partial charge in [-0.15, -0.1) is 0 Å². The summed E-state index contributed by atoms with van der Waals surface area (Å²) >= 11 is 0. The molecule has 4 rings (SSSR count). The van der Waals surface area contributed by atoms with E-state index in [4.69, 9.17) is 9.47 Å². The van der Waals surface area contributed by atoms with Crippen LogP contribution in [0.2, 0.25) is 0 Å². The topological polar surface area (TPSA) is 94.7 Å². The number of nitrogens with zero attached hydrogens (tertiary/aromatic N) is 2. The lowest BCUT2D eigenvalue weighted by molar-refractivity contribution is -0.166. The highest BCUT2D eigenvalue weighted by atomic mass is 16.7. The second-order valence-corrected chi connectivity index (χ2v) is 9.16. The molecule has 8 heteroatoms. The Kier molecular flexibility index (Phi) is 7.58. The molecule has 0 bridgehead atoms. The largest absolute Gasteiger partial charge is 0.459 e. The van der Waals surface area contributed by atoms with Crippen molar-refractivity contribution in [3.8, 4) is 5.69 Å². The van der Waals surface area contributed by atoms with E-state index in [0.29, 0.717) is 37.5 Å². The van der Waals surface area contributed by atoms with Crippen molar-refractivity contribution in [1.29, 1.82) is 0 Å². The summed E-state index contributed by atoms with van der Waals surface area (Å²) in [7, 11) is 1.86. The van der Waals surface area contributed by atoms with Crippen LogP contribution in [-0.2, 0) is 21.3 Å². The van der Waals surface area contributed by atoms with Gasteiger partial charge in [-0.05, 0) is 63.7 Å². The number of rotatable bonds is 10. The maximum absolute atomic E-state index is 13.8. The molecule has 0 radical (unpaired) electrons. The molecule has 1 fully saturated rings. The van der Waals surface area contributed by atoms with Gasteiger partial charge in [0.2, 0.25) is 6.29 Å². The third-order valence-corrected chi connectivity index (χ3v) is 6.82. The fourth-order valence-corrected chi connectivity index (χ4v) is 4.72. The van der Waals surface area contributed by atoms with Gasteiger partial charge in [0, 0.05) is 49.9 Å². The second-order valence-electron chi connectivity index (χ2n) is 9.16. The number of hydrogen-bond acceptors (Lipinski definition) is 5. The number of aromatic nitrogens is 2. The van der Waals surface area contributed by atoms with Crippen molar-refractivity contribution < 1.29 is 19.4 Å². The van der Waals surface area contributed by atoms with Gasteiger partial charge in [-0.3, -0.25) is 14.3 Å². The fraction of sp³-hybridized carbons (Fsp3) is 0.538. The van der Waals surface area contributed by atoms with Gasteiger partial charge in [0.15, 0.2) is 5.76 Å². The summed E-state index contributed by atoms with van der Waals surface area (Å²) in [6.07, 6.45) is 4.50. The summed E-state index contributed by atoms with van der Waals surface area (Å²) in [4.78, 5) is 26.7. The zero-order valence-electron chi connectivity index (χ0n) is 20.2. The maximum atomic E-state index is 13.8. The standard InChI is InChI=1S/C26H35N3O5/c1-4-33-26-20(11-8-14-30)21(15-22(34-26)24(31)27-16-18-12-13-18)23-17(2)28(3)29(25(23)32)19-9-6-5-7-10-19/h5-7,9-10,15,18,20-21,26,30H,4,8,11-14,16H2,1-3H3,(H,27,31)/t20-,21-,26+/m1/s1. The molecule has 0 unspecified atom stereocenters. The van der Waals surface area contributed by atoms with Crippen LogP contribution in [0, 0.1) is 18.8 Å². The first-order valence-electron chi connectivity index (χ1n) is 12.2. The number of aliphatic hydroxyl groups is 1. The lowest BCUT2D eigenvalue weighted by Crippen LogP contribution is -2.40. The van der Waals surface area contributed by atoms with Gasteiger partial charge < -0.3 is 19.9 Å². The first-order chi connectivity index (χ1) is 16.5. The zero-order chi connectivity index (χ0) is 24.2. The van der Waals surface area contributed by atoms with Crippen LogP contribution < -0.4 is 10.9 Å². The van der Waals surface area contributed by atoms with Gasteiger partial charge in [-0.2, -0.15) is 0 Å². The number of aliphatic hydroxyl groups excluding tert-OH is 1. The van der Waals surface area contributed by atoms with Crippen LogP contribution in [0.3, 0.4) is 0 Å². The summed E-state index contributed by atoms with van der Waals surface area (Å²) in [6, 6.07) is 9.50. The Hall–Kier alpha value is -2.84. The molecule has 1 aromatic heterocycles. The number of benzene rings is 1. The minimum atomic E-state index is -0.683. The smallest absolute Gasteiger partial charge is 0.286 e. The van der Waals surface area contributed by atoms with Gasteiger partial charge in [0.1, 0.15) is 0 Å². The van der Waals surface area contributed by atoms with E-state index < -0.39 is 6.29 Å². The zero-order valence-corrected chi connectivity index (χ0v) is 20.2. The number of para-hydroxylation sites is 1. The number of ether oxygens (including phenoxy) is 2. The summed E-state index contributed by atoms with van der Waals surface area (Å²) in [5.74, 6) is -0.150. The van der Waals surface area contributed by atoms with Crippen LogP contribution >= 0.6 is 0 Å². The van der Waals surface area contributed by atoms with Gasteiger partial charge >= 0.3 is 0 Å². The third kappa shape index (κ3) is 4.98. The van der Waals surface area contributed by atoms with E-state index >= 15 is 0 Å². The number of hydrogen-bond donors (Lipinski definition) is 2. The number of amides is 1. The molecule has 1 aromatic carbocycles. The quantitative estimate of drug-likeness (QED) is 0.558. The summed E-state index contributed by atoms with van der Waals surface area (Å²) < 4.78 is 15.5. The molecule has 1 aliphatic heterocycles. The normalized spacial score (nSPS) is 22.2. The Bertz CT molecular complexity index is 1080. The highest BCUT2D eigenvalue weighted by Crippen LogP contribution is 2.39. The summed E-state index contributed by atoms with van der Waals surface area (Å²) in [5, 5.41) is 12.5. The van der Waals surface area contributed by atoms with Crippen LogP contribution in [0.5, 0.6) is 0 Å². The molecule has 8 nitrogen and oxygen atoms in total. The molecular formula is C26H35N3O5. The predicted octanol–water partition coefficient (Wildman–Crippen LogP) is 2.76. The second kappa shape index (κ2) is 10.6. The third-order valence-electron chi connectivity index (χ3n) is 6.82. The Morgan fingerprint density at radius 2 is 2.00 bits per heavy atom. The molecule has 0 spiro atoms. The molecule has 2 aromatic rings. The molecular weight excluding hydrogens is 434 g/mol. The molecule has 2 heterocycles. The highest BCUT2D eigenvalue weighted by Gasteiger charge is 2.41. The molecule has 0 saturated heterocycles. The Balaban J connectivity index is 1.78. The summed E-state index contributed by atoms with van der Waals surface area (Å²) in [6.45, 7) is 4.87. The van der Waals surface area contributed by atoms with E-state index in [2.05, 4.69) is 5.32 Å². The van der Waals surface area contributed by atoms with Crippen LogP contribution in [0.15, 0.2) is 47.0 Å². The molecule has 2 aliphatic rings. The molecule has 184 valence electrons. The predicted molar refractivity (Wildman–Crippen MR) is 129 cm³/mol. The SMILES string of the molecule is CCO[C@H]1OC(C(=O)NCC2CC2)=C[C@@H](c2c(C)n(C)n(-c3ccccc3)c2=O)[C@H]1CCCO. The monoisotopic (exact) mass is 469 g/mol. The van der Waals surface area contributed by atoms with Crippen LogP contribution in [-0.4, -0.2) is 46.4 Å². The van der Waals surface area contributed by atoms with E-state index in [1.807, 2.05) is 55.9 Å². The van der Waals surface area contributed by atoms with Crippen LogP contribution in [0.1, 0.15) is 49.8 Å². The van der Waals surface area contributed by atoms with E-state index in [1.165, 1.54) is 0 Å². The number of allylic oxidation sites excluding steroid dienone is 1. The molecule has 1 saturated carbocycles. The van der Waals surface area contributed by atoms with E-state index in [1.54, 1.807) is 10.8 Å². The lowest BCUT2D eigenvalue weighted by atomic mass is 9.80.